The number of azide groups is 1. The third-order valence-electron chi connectivity index (χ3n) is 1.49. The summed E-state index contributed by atoms with van der Waals surface area (Å²) in [7, 11) is 0. The van der Waals surface area contributed by atoms with Crippen LogP contribution in [-0.2, 0) is 0 Å². The summed E-state index contributed by atoms with van der Waals surface area (Å²) in [5, 5.41) is 17.7. The zero-order chi connectivity index (χ0) is 9.97. The molecule has 0 bridgehead atoms. The van der Waals surface area contributed by atoms with Gasteiger partial charge in [-0.2, -0.15) is 4.98 Å². The van der Waals surface area contributed by atoms with Crippen molar-refractivity contribution in [2.45, 2.75) is 0 Å². The number of pyridine rings is 1. The monoisotopic (exact) mass is 189 g/mol. The molecule has 14 heavy (non-hydrogen) atoms. The van der Waals surface area contributed by atoms with Gasteiger partial charge in [-0.25, -0.2) is 4.98 Å². The van der Waals surface area contributed by atoms with Crippen LogP contribution < -0.4 is 4.85 Å². The molecular weight excluding hydrogens is 186 g/mol. The van der Waals surface area contributed by atoms with Gasteiger partial charge < -0.3 is 5.21 Å². The van der Waals surface area contributed by atoms with Crippen LogP contribution >= 0.6 is 0 Å². The Morgan fingerprint density at radius 2 is 2.43 bits per heavy atom. The molecule has 0 radical (unpaired) electrons. The normalized spacial score (nSPS) is 9.71. The molecule has 0 fully saturated rings. The van der Waals surface area contributed by atoms with Crippen LogP contribution in [0, 0.1) is 5.21 Å². The highest BCUT2D eigenvalue weighted by atomic mass is 16.5. The Bertz CT molecular complexity index is 533. The molecule has 68 valence electrons. The van der Waals surface area contributed by atoms with Gasteiger partial charge in [0.25, 0.3) is 11.5 Å². The summed E-state index contributed by atoms with van der Waals surface area (Å²) >= 11 is 0. The van der Waals surface area contributed by atoms with E-state index in [0.717, 1.165) is 0 Å². The molecule has 2 aromatic rings. The summed E-state index contributed by atoms with van der Waals surface area (Å²) in [6, 6.07) is 3.11. The van der Waals surface area contributed by atoms with Gasteiger partial charge in [-0.3, -0.25) is 0 Å². The molecule has 0 aromatic carbocycles. The largest absolute Gasteiger partial charge is 0.594 e. The van der Waals surface area contributed by atoms with E-state index < -0.39 is 0 Å². The number of fused-ring (bicyclic) bond motifs is 1. The zero-order valence-corrected chi connectivity index (χ0v) is 6.77. The Hall–Kier alpha value is -2.47. The molecule has 2 aromatic heterocycles. The average Bonchev–Trinajstić information content (AvgIpc) is 2.18. The average molecular weight is 189 g/mol. The van der Waals surface area contributed by atoms with E-state index in [1.807, 2.05) is 0 Å². The molecule has 0 aliphatic rings. The lowest BCUT2D eigenvalue weighted by atomic mass is 10.4. The third kappa shape index (κ3) is 1.25. The van der Waals surface area contributed by atoms with Crippen LogP contribution in [-0.4, -0.2) is 15.1 Å². The minimum Gasteiger partial charge on any atom is -0.594 e. The Labute approximate surface area is 77.1 Å². The van der Waals surface area contributed by atoms with Crippen molar-refractivity contribution in [3.05, 3.63) is 34.0 Å². The fourth-order valence-electron chi connectivity index (χ4n) is 0.958. The summed E-state index contributed by atoms with van der Waals surface area (Å²) in [4.78, 5) is 10.4. The molecule has 2 rings (SSSR count). The first-order chi connectivity index (χ1) is 6.81. The van der Waals surface area contributed by atoms with E-state index in [2.05, 4.69) is 25.1 Å². The predicted molar refractivity (Wildman–Crippen MR) is 45.1 cm³/mol. The summed E-state index contributed by atoms with van der Waals surface area (Å²) < 4.78 is 0. The molecule has 0 aliphatic carbocycles. The first kappa shape index (κ1) is 8.14. The lowest BCUT2D eigenvalue weighted by Crippen LogP contribution is -2.32. The topological polar surface area (TPSA) is 114 Å². The Morgan fingerprint density at radius 1 is 1.57 bits per heavy atom. The van der Waals surface area contributed by atoms with Gasteiger partial charge in [-0.05, 0) is 21.6 Å². The van der Waals surface area contributed by atoms with Crippen molar-refractivity contribution in [2.75, 3.05) is 0 Å². The molecule has 8 nitrogen and oxygen atoms in total. The summed E-state index contributed by atoms with van der Waals surface area (Å²) in [5.74, 6) is -0.242. The van der Waals surface area contributed by atoms with E-state index in [4.69, 9.17) is 5.53 Å². The van der Waals surface area contributed by atoms with E-state index in [0.29, 0.717) is 4.85 Å². The van der Waals surface area contributed by atoms with Crippen molar-refractivity contribution in [1.29, 1.82) is 0 Å². The molecule has 0 saturated carbocycles. The molecule has 0 atom stereocenters. The summed E-state index contributed by atoms with van der Waals surface area (Å²) in [5.41, 5.74) is 8.55. The summed E-state index contributed by atoms with van der Waals surface area (Å²) in [6.07, 6.45) is 1.48. The lowest BCUT2D eigenvalue weighted by Gasteiger charge is -1.96. The fourth-order valence-corrected chi connectivity index (χ4v) is 0.958. The molecule has 8 heteroatoms. The highest BCUT2D eigenvalue weighted by molar-refractivity contribution is 5.65. The number of aromatic nitrogens is 4. The first-order valence-electron chi connectivity index (χ1n) is 3.59. The van der Waals surface area contributed by atoms with E-state index in [1.165, 1.54) is 12.3 Å². The molecule has 0 saturated heterocycles. The van der Waals surface area contributed by atoms with Crippen LogP contribution in [0.15, 0.2) is 23.4 Å². The van der Waals surface area contributed by atoms with Crippen LogP contribution in [0.1, 0.15) is 0 Å². The quantitative estimate of drug-likeness (QED) is 0.215. The number of hydrogen-bond acceptors (Lipinski definition) is 5. The molecular formula is C6H3N7O. The van der Waals surface area contributed by atoms with Crippen LogP contribution in [0.25, 0.3) is 21.6 Å². The van der Waals surface area contributed by atoms with Crippen molar-refractivity contribution in [1.82, 2.24) is 15.1 Å². The molecule has 0 amide bonds. The Balaban J connectivity index is 2.78. The third-order valence-corrected chi connectivity index (χ3v) is 1.49. The van der Waals surface area contributed by atoms with E-state index in [1.54, 1.807) is 6.07 Å². The highest BCUT2D eigenvalue weighted by Crippen LogP contribution is 2.06. The van der Waals surface area contributed by atoms with Crippen molar-refractivity contribution < 1.29 is 4.85 Å². The van der Waals surface area contributed by atoms with Crippen LogP contribution in [0.4, 0.5) is 5.95 Å². The number of hydrogen-bond donors (Lipinski definition) is 0. The molecule has 2 heterocycles. The second kappa shape index (κ2) is 3.11. The number of nitrogens with zero attached hydrogens (tertiary/aromatic N) is 7. The van der Waals surface area contributed by atoms with E-state index in [9.17, 15) is 5.21 Å². The predicted octanol–water partition coefficient (Wildman–Crippen LogP) is 0.600. The standard InChI is InChI=1S/C6H3N7O/c7-12-10-6-9-5-4(13(14)11-6)2-1-3-8-5/h1-3H. The lowest BCUT2D eigenvalue weighted by molar-refractivity contribution is -0.641. The van der Waals surface area contributed by atoms with Gasteiger partial charge in [-0.1, -0.05) is 0 Å². The second-order valence-corrected chi connectivity index (χ2v) is 2.32. The van der Waals surface area contributed by atoms with Crippen LogP contribution in [0.5, 0.6) is 0 Å². The smallest absolute Gasteiger partial charge is 0.289 e. The minimum absolute atomic E-state index is 0.194. The van der Waals surface area contributed by atoms with Gasteiger partial charge in [-0.15, -0.1) is 0 Å². The maximum Gasteiger partial charge on any atom is 0.289 e. The van der Waals surface area contributed by atoms with E-state index >= 15 is 0 Å². The van der Waals surface area contributed by atoms with Gasteiger partial charge in [0.15, 0.2) is 0 Å². The minimum atomic E-state index is -0.242. The van der Waals surface area contributed by atoms with Gasteiger partial charge >= 0.3 is 0 Å². The van der Waals surface area contributed by atoms with Gasteiger partial charge in [0.1, 0.15) is 0 Å². The summed E-state index contributed by atoms with van der Waals surface area (Å²) in [6.45, 7) is 0. The van der Waals surface area contributed by atoms with Gasteiger partial charge in [0, 0.05) is 22.3 Å². The molecule has 0 spiro atoms. The second-order valence-electron chi connectivity index (χ2n) is 2.32. The fraction of sp³-hybridized carbons (Fsp3) is 0. The maximum absolute atomic E-state index is 11.2. The molecule has 0 unspecified atom stereocenters. The van der Waals surface area contributed by atoms with Gasteiger partial charge in [0.05, 0.1) is 0 Å². The van der Waals surface area contributed by atoms with E-state index in [-0.39, 0.29) is 17.1 Å². The highest BCUT2D eigenvalue weighted by Gasteiger charge is 2.09. The Kier molecular flexibility index (Phi) is 1.81. The molecule has 0 N–H and O–H groups in total. The molecule has 0 aliphatic heterocycles. The van der Waals surface area contributed by atoms with Crippen molar-refractivity contribution in [3.8, 4) is 0 Å². The van der Waals surface area contributed by atoms with Crippen molar-refractivity contribution in [2.24, 2.45) is 5.11 Å². The zero-order valence-electron chi connectivity index (χ0n) is 6.77. The SMILES string of the molecule is [N-]=[N+]=Nc1nc2ncccc2[n+]([O-])n1. The van der Waals surface area contributed by atoms with Crippen LogP contribution in [0.3, 0.4) is 0 Å². The van der Waals surface area contributed by atoms with Gasteiger partial charge in [0.2, 0.25) is 5.65 Å². The Morgan fingerprint density at radius 3 is 3.21 bits per heavy atom. The maximum atomic E-state index is 11.2. The van der Waals surface area contributed by atoms with Crippen molar-refractivity contribution >= 4 is 17.1 Å². The number of rotatable bonds is 1. The van der Waals surface area contributed by atoms with Crippen LogP contribution in [0.2, 0.25) is 0 Å². The first-order valence-corrected chi connectivity index (χ1v) is 3.59. The van der Waals surface area contributed by atoms with Crippen molar-refractivity contribution in [3.63, 3.8) is 0 Å².